The monoisotopic (exact) mass is 537 g/mol. The normalized spacial score (nSPS) is 10.6. The zero-order chi connectivity index (χ0) is 23.1. The van der Waals surface area contributed by atoms with E-state index in [0.717, 1.165) is 4.47 Å². The maximum Gasteiger partial charge on any atom is 0.271 e. The third-order valence-corrected chi connectivity index (χ3v) is 5.88. The van der Waals surface area contributed by atoms with Gasteiger partial charge in [0.2, 0.25) is 5.91 Å². The van der Waals surface area contributed by atoms with Crippen LogP contribution in [-0.2, 0) is 17.9 Å². The highest BCUT2D eigenvalue weighted by molar-refractivity contribution is 9.10. The number of nitro benzene ring substituents is 1. The molecule has 32 heavy (non-hydrogen) atoms. The van der Waals surface area contributed by atoms with Crippen molar-refractivity contribution in [3.8, 4) is 5.75 Å². The number of ether oxygens (including phenoxy) is 1. The summed E-state index contributed by atoms with van der Waals surface area (Å²) in [4.78, 5) is 22.7. The van der Waals surface area contributed by atoms with Gasteiger partial charge in [0.25, 0.3) is 5.69 Å². The summed E-state index contributed by atoms with van der Waals surface area (Å²) in [5, 5.41) is 22.5. The van der Waals surface area contributed by atoms with Crippen LogP contribution in [0.3, 0.4) is 0 Å². The van der Waals surface area contributed by atoms with Crippen LogP contribution in [0.2, 0.25) is 5.02 Å². The zero-order valence-electron chi connectivity index (χ0n) is 16.5. The molecule has 0 bridgehead atoms. The smallest absolute Gasteiger partial charge is 0.271 e. The molecule has 2 aromatic carbocycles. The van der Waals surface area contributed by atoms with E-state index in [9.17, 15) is 14.9 Å². The molecule has 3 aromatic rings. The first-order valence-corrected chi connectivity index (χ1v) is 11.3. The van der Waals surface area contributed by atoms with Gasteiger partial charge in [-0.25, -0.2) is 0 Å². The fourth-order valence-corrected chi connectivity index (χ4v) is 3.76. The summed E-state index contributed by atoms with van der Waals surface area (Å²) in [7, 11) is 0. The molecule has 3 rings (SSSR count). The van der Waals surface area contributed by atoms with Gasteiger partial charge < -0.3 is 10.1 Å². The number of allylic oxidation sites excluding steroid dienone is 1. The molecule has 166 valence electrons. The van der Waals surface area contributed by atoms with E-state index in [0.29, 0.717) is 23.3 Å². The maximum atomic E-state index is 12.4. The van der Waals surface area contributed by atoms with E-state index in [1.165, 1.54) is 30.0 Å². The van der Waals surface area contributed by atoms with Gasteiger partial charge in [-0.2, -0.15) is 0 Å². The predicted octanol–water partition coefficient (Wildman–Crippen LogP) is 5.10. The molecule has 0 aliphatic rings. The van der Waals surface area contributed by atoms with Crippen molar-refractivity contribution < 1.29 is 14.5 Å². The number of carbonyl (C=O) groups excluding carboxylic acids is 1. The Kier molecular flexibility index (Phi) is 8.26. The van der Waals surface area contributed by atoms with Crippen LogP contribution in [0, 0.1) is 10.1 Å². The van der Waals surface area contributed by atoms with Gasteiger partial charge in [0, 0.05) is 23.2 Å². The zero-order valence-corrected chi connectivity index (χ0v) is 19.7. The number of amides is 1. The molecule has 0 saturated heterocycles. The van der Waals surface area contributed by atoms with Crippen LogP contribution in [0.4, 0.5) is 11.4 Å². The molecule has 0 aliphatic carbocycles. The van der Waals surface area contributed by atoms with Gasteiger partial charge in [-0.15, -0.1) is 16.8 Å². The minimum absolute atomic E-state index is 0.00185. The maximum absolute atomic E-state index is 12.4. The standard InChI is InChI=1S/C20H17BrClN5O4S/c1-2-9-26-18(11-31-15-6-3-13(21)4-7-15)24-25-20(26)32-12-19(28)23-17-10-14(27(29)30)5-8-16(17)22/h2-8,10H,1,9,11-12H2,(H,23,28). The van der Waals surface area contributed by atoms with Crippen molar-refractivity contribution >= 4 is 56.6 Å². The fourth-order valence-electron chi connectivity index (χ4n) is 2.56. The molecule has 0 fully saturated rings. The first-order valence-electron chi connectivity index (χ1n) is 9.15. The summed E-state index contributed by atoms with van der Waals surface area (Å²) in [6, 6.07) is 11.2. The van der Waals surface area contributed by atoms with Gasteiger partial charge in [0.15, 0.2) is 11.0 Å². The summed E-state index contributed by atoms with van der Waals surface area (Å²) in [5.74, 6) is 0.876. The van der Waals surface area contributed by atoms with Crippen molar-refractivity contribution in [3.63, 3.8) is 0 Å². The first-order chi connectivity index (χ1) is 15.4. The van der Waals surface area contributed by atoms with Crippen LogP contribution < -0.4 is 10.1 Å². The number of hydrogen-bond acceptors (Lipinski definition) is 7. The van der Waals surface area contributed by atoms with Crippen LogP contribution in [0.25, 0.3) is 0 Å². The summed E-state index contributed by atoms with van der Waals surface area (Å²) in [5.41, 5.74) is 0.00102. The number of anilines is 1. The van der Waals surface area contributed by atoms with E-state index in [1.54, 1.807) is 10.6 Å². The summed E-state index contributed by atoms with van der Waals surface area (Å²) in [6.07, 6.45) is 1.69. The Morgan fingerprint density at radius 1 is 1.31 bits per heavy atom. The number of nitrogens with one attached hydrogen (secondary N) is 1. The Balaban J connectivity index is 1.63. The highest BCUT2D eigenvalue weighted by Crippen LogP contribution is 2.27. The third kappa shape index (κ3) is 6.31. The van der Waals surface area contributed by atoms with Gasteiger partial charge in [-0.1, -0.05) is 45.4 Å². The Bertz CT molecular complexity index is 1140. The Labute approximate surface area is 201 Å². The molecule has 12 heteroatoms. The summed E-state index contributed by atoms with van der Waals surface area (Å²) in [6.45, 7) is 4.38. The van der Waals surface area contributed by atoms with Crippen LogP contribution in [0.1, 0.15) is 5.82 Å². The van der Waals surface area contributed by atoms with E-state index < -0.39 is 10.8 Å². The molecule has 0 spiro atoms. The number of aromatic nitrogens is 3. The number of rotatable bonds is 10. The number of nitrogens with zero attached hydrogens (tertiary/aromatic N) is 4. The quantitative estimate of drug-likeness (QED) is 0.165. The van der Waals surface area contributed by atoms with Crippen molar-refractivity contribution in [2.75, 3.05) is 11.1 Å². The molecule has 1 N–H and O–H groups in total. The van der Waals surface area contributed by atoms with Gasteiger partial charge in [0.05, 0.1) is 21.4 Å². The molecule has 0 saturated carbocycles. The van der Waals surface area contributed by atoms with Crippen LogP contribution >= 0.6 is 39.3 Å². The van der Waals surface area contributed by atoms with Crippen molar-refractivity contribution in [1.82, 2.24) is 14.8 Å². The molecule has 0 aliphatic heterocycles. The second kappa shape index (κ2) is 11.1. The van der Waals surface area contributed by atoms with E-state index in [2.05, 4.69) is 38.0 Å². The minimum Gasteiger partial charge on any atom is -0.486 e. The van der Waals surface area contributed by atoms with E-state index in [-0.39, 0.29) is 28.8 Å². The third-order valence-electron chi connectivity index (χ3n) is 4.05. The predicted molar refractivity (Wildman–Crippen MR) is 126 cm³/mol. The Morgan fingerprint density at radius 3 is 2.75 bits per heavy atom. The lowest BCUT2D eigenvalue weighted by molar-refractivity contribution is -0.384. The highest BCUT2D eigenvalue weighted by Gasteiger charge is 2.16. The molecule has 0 atom stereocenters. The van der Waals surface area contributed by atoms with Gasteiger partial charge in [-0.05, 0) is 30.3 Å². The lowest BCUT2D eigenvalue weighted by atomic mass is 10.3. The number of nitro groups is 1. The summed E-state index contributed by atoms with van der Waals surface area (Å²) >= 11 is 10.6. The minimum atomic E-state index is -0.559. The highest BCUT2D eigenvalue weighted by atomic mass is 79.9. The molecule has 9 nitrogen and oxygen atoms in total. The van der Waals surface area contributed by atoms with E-state index in [4.69, 9.17) is 16.3 Å². The molecule has 0 unspecified atom stereocenters. The number of halogens is 2. The van der Waals surface area contributed by atoms with Crippen LogP contribution in [0.5, 0.6) is 5.75 Å². The first kappa shape index (κ1) is 23.8. The molecule has 1 heterocycles. The van der Waals surface area contributed by atoms with E-state index in [1.807, 2.05) is 24.3 Å². The average molecular weight is 539 g/mol. The molecule has 1 amide bonds. The Morgan fingerprint density at radius 2 is 2.06 bits per heavy atom. The largest absolute Gasteiger partial charge is 0.486 e. The number of non-ortho nitro benzene ring substituents is 1. The van der Waals surface area contributed by atoms with Gasteiger partial charge in [-0.3, -0.25) is 19.5 Å². The second-order valence-electron chi connectivity index (χ2n) is 6.30. The van der Waals surface area contributed by atoms with E-state index >= 15 is 0 Å². The van der Waals surface area contributed by atoms with Crippen molar-refractivity contribution in [1.29, 1.82) is 0 Å². The number of benzene rings is 2. The van der Waals surface area contributed by atoms with Gasteiger partial charge >= 0.3 is 0 Å². The molecular weight excluding hydrogens is 522 g/mol. The van der Waals surface area contributed by atoms with Crippen molar-refractivity contribution in [2.45, 2.75) is 18.3 Å². The molecule has 0 radical (unpaired) electrons. The SMILES string of the molecule is C=CCn1c(COc2ccc(Br)cc2)nnc1SCC(=O)Nc1cc([N+](=O)[O-])ccc1Cl. The van der Waals surface area contributed by atoms with Crippen LogP contribution in [0.15, 0.2) is 64.7 Å². The van der Waals surface area contributed by atoms with Crippen molar-refractivity contribution in [3.05, 3.63) is 80.6 Å². The van der Waals surface area contributed by atoms with Crippen LogP contribution in [-0.4, -0.2) is 31.3 Å². The number of hydrogen-bond donors (Lipinski definition) is 1. The average Bonchev–Trinajstić information content (AvgIpc) is 3.15. The lowest BCUT2D eigenvalue weighted by Gasteiger charge is -2.10. The Hall–Kier alpha value is -2.89. The van der Waals surface area contributed by atoms with Crippen molar-refractivity contribution in [2.24, 2.45) is 0 Å². The topological polar surface area (TPSA) is 112 Å². The molecular formula is C20H17BrClN5O4S. The van der Waals surface area contributed by atoms with Gasteiger partial charge in [0.1, 0.15) is 12.4 Å². The fraction of sp³-hybridized carbons (Fsp3) is 0.150. The number of thioether (sulfide) groups is 1. The summed E-state index contributed by atoms with van der Waals surface area (Å²) < 4.78 is 8.50. The second-order valence-corrected chi connectivity index (χ2v) is 8.56. The lowest BCUT2D eigenvalue weighted by Crippen LogP contribution is -2.15. The number of carbonyl (C=O) groups is 1. The molecule has 1 aromatic heterocycles.